The smallest absolute Gasteiger partial charge is 0.314 e. The van der Waals surface area contributed by atoms with E-state index in [0.717, 1.165) is 43.8 Å². The zero-order valence-corrected chi connectivity index (χ0v) is 16.7. The third-order valence-corrected chi connectivity index (χ3v) is 5.59. The second-order valence-electron chi connectivity index (χ2n) is 8.64. The summed E-state index contributed by atoms with van der Waals surface area (Å²) < 4.78 is 0. The Balaban J connectivity index is 1.44. The van der Waals surface area contributed by atoms with Gasteiger partial charge in [0, 0.05) is 39.3 Å². The van der Waals surface area contributed by atoms with Crippen molar-refractivity contribution in [2.45, 2.75) is 52.9 Å². The molecular weight excluding hydrogens is 312 g/mol. The normalized spacial score (nSPS) is 28.7. The Kier molecular flexibility index (Phi) is 9.04. The van der Waals surface area contributed by atoms with Gasteiger partial charge in [-0.05, 0) is 62.9 Å². The molecule has 2 N–H and O–H groups in total. The van der Waals surface area contributed by atoms with Gasteiger partial charge >= 0.3 is 6.03 Å². The minimum absolute atomic E-state index is 0.00900. The number of carbonyl (C=O) groups is 1. The molecule has 146 valence electrons. The number of nitrogens with one attached hydrogen (secondary N) is 2. The standard InChI is InChI=1S/C20H40N4O/c1-17-7-6-11-23(14-17)12-9-22-20(25)21-8-4-5-10-24-15-18(2)13-19(3)16-24/h17-19H,4-16H2,1-3H3,(H2,21,22,25). The highest BCUT2D eigenvalue weighted by molar-refractivity contribution is 5.73. The first-order valence-electron chi connectivity index (χ1n) is 10.5. The van der Waals surface area contributed by atoms with Gasteiger partial charge in [-0.3, -0.25) is 0 Å². The summed E-state index contributed by atoms with van der Waals surface area (Å²) >= 11 is 0. The third kappa shape index (κ3) is 8.41. The molecule has 5 heteroatoms. The van der Waals surface area contributed by atoms with Crippen LogP contribution in [0.4, 0.5) is 4.79 Å². The van der Waals surface area contributed by atoms with Crippen molar-refractivity contribution < 1.29 is 4.79 Å². The second kappa shape index (κ2) is 11.0. The SMILES string of the molecule is CC1CCCN(CCNC(=O)NCCCCN2CC(C)CC(C)C2)C1. The highest BCUT2D eigenvalue weighted by Gasteiger charge is 2.21. The van der Waals surface area contributed by atoms with Crippen LogP contribution in [0.15, 0.2) is 0 Å². The molecule has 2 fully saturated rings. The van der Waals surface area contributed by atoms with Crippen LogP contribution >= 0.6 is 0 Å². The summed E-state index contributed by atoms with van der Waals surface area (Å²) in [4.78, 5) is 16.9. The van der Waals surface area contributed by atoms with E-state index in [9.17, 15) is 4.79 Å². The van der Waals surface area contributed by atoms with Crippen molar-refractivity contribution >= 4 is 6.03 Å². The molecule has 0 radical (unpaired) electrons. The Bertz CT molecular complexity index is 380. The molecule has 0 spiro atoms. The molecule has 2 aliphatic heterocycles. The fourth-order valence-corrected chi connectivity index (χ4v) is 4.52. The lowest BCUT2D eigenvalue weighted by Gasteiger charge is -2.34. The van der Waals surface area contributed by atoms with Crippen LogP contribution in [0.1, 0.15) is 52.9 Å². The van der Waals surface area contributed by atoms with E-state index in [4.69, 9.17) is 0 Å². The van der Waals surface area contributed by atoms with Gasteiger partial charge < -0.3 is 20.4 Å². The van der Waals surface area contributed by atoms with Gasteiger partial charge in [-0.2, -0.15) is 0 Å². The Morgan fingerprint density at radius 2 is 1.56 bits per heavy atom. The molecule has 5 nitrogen and oxygen atoms in total. The van der Waals surface area contributed by atoms with E-state index in [1.54, 1.807) is 0 Å². The van der Waals surface area contributed by atoms with Gasteiger partial charge in [-0.1, -0.05) is 20.8 Å². The molecule has 2 aliphatic rings. The van der Waals surface area contributed by atoms with E-state index >= 15 is 0 Å². The maximum absolute atomic E-state index is 11.8. The summed E-state index contributed by atoms with van der Waals surface area (Å²) in [6, 6.07) is -0.00900. The molecule has 0 aromatic carbocycles. The predicted octanol–water partition coefficient (Wildman–Crippen LogP) is 2.78. The molecule has 25 heavy (non-hydrogen) atoms. The van der Waals surface area contributed by atoms with Gasteiger partial charge in [0.25, 0.3) is 0 Å². The van der Waals surface area contributed by atoms with Crippen LogP contribution in [-0.2, 0) is 0 Å². The van der Waals surface area contributed by atoms with Gasteiger partial charge in [-0.15, -0.1) is 0 Å². The number of nitrogens with zero attached hydrogens (tertiary/aromatic N) is 2. The molecule has 2 saturated heterocycles. The highest BCUT2D eigenvalue weighted by Crippen LogP contribution is 2.20. The molecule has 3 atom stereocenters. The maximum atomic E-state index is 11.8. The van der Waals surface area contributed by atoms with Crippen LogP contribution in [-0.4, -0.2) is 68.2 Å². The van der Waals surface area contributed by atoms with Gasteiger partial charge in [0.15, 0.2) is 0 Å². The van der Waals surface area contributed by atoms with Gasteiger partial charge in [0.2, 0.25) is 0 Å². The molecular formula is C20H40N4O. The number of rotatable bonds is 8. The molecule has 2 heterocycles. The number of urea groups is 1. The lowest BCUT2D eigenvalue weighted by Crippen LogP contribution is -2.43. The third-order valence-electron chi connectivity index (χ3n) is 5.59. The number of carbonyl (C=O) groups excluding carboxylic acids is 1. The van der Waals surface area contributed by atoms with Crippen LogP contribution in [0.2, 0.25) is 0 Å². The van der Waals surface area contributed by atoms with E-state index in [0.29, 0.717) is 0 Å². The number of likely N-dealkylation sites (tertiary alicyclic amines) is 2. The van der Waals surface area contributed by atoms with Crippen molar-refractivity contribution in [2.75, 3.05) is 52.4 Å². The topological polar surface area (TPSA) is 47.6 Å². The quantitative estimate of drug-likeness (QED) is 0.661. The van der Waals surface area contributed by atoms with Gasteiger partial charge in [0.05, 0.1) is 0 Å². The first kappa shape index (κ1) is 20.5. The van der Waals surface area contributed by atoms with Crippen LogP contribution in [0.5, 0.6) is 0 Å². The fraction of sp³-hybridized carbons (Fsp3) is 0.950. The zero-order chi connectivity index (χ0) is 18.1. The molecule has 3 unspecified atom stereocenters. The minimum atomic E-state index is -0.00900. The Labute approximate surface area is 154 Å². The average molecular weight is 353 g/mol. The average Bonchev–Trinajstić information content (AvgIpc) is 2.54. The second-order valence-corrected chi connectivity index (χ2v) is 8.64. The molecule has 2 amide bonds. The van der Waals surface area contributed by atoms with Crippen molar-refractivity contribution in [2.24, 2.45) is 17.8 Å². The predicted molar refractivity (Wildman–Crippen MR) is 105 cm³/mol. The summed E-state index contributed by atoms with van der Waals surface area (Å²) in [5.41, 5.74) is 0. The summed E-state index contributed by atoms with van der Waals surface area (Å²) in [5.74, 6) is 2.46. The Morgan fingerprint density at radius 3 is 2.28 bits per heavy atom. The Hall–Kier alpha value is -0.810. The van der Waals surface area contributed by atoms with E-state index in [2.05, 4.69) is 41.2 Å². The number of hydrogen-bond donors (Lipinski definition) is 2. The van der Waals surface area contributed by atoms with E-state index in [-0.39, 0.29) is 6.03 Å². The van der Waals surface area contributed by atoms with Crippen LogP contribution < -0.4 is 10.6 Å². The summed E-state index contributed by atoms with van der Waals surface area (Å²) in [7, 11) is 0. The molecule has 0 saturated carbocycles. The monoisotopic (exact) mass is 352 g/mol. The maximum Gasteiger partial charge on any atom is 0.314 e. The van der Waals surface area contributed by atoms with Crippen molar-refractivity contribution in [1.29, 1.82) is 0 Å². The lowest BCUT2D eigenvalue weighted by molar-refractivity contribution is 0.139. The van der Waals surface area contributed by atoms with E-state index in [1.165, 1.54) is 58.4 Å². The van der Waals surface area contributed by atoms with Crippen molar-refractivity contribution in [3.8, 4) is 0 Å². The van der Waals surface area contributed by atoms with Gasteiger partial charge in [0.1, 0.15) is 0 Å². The van der Waals surface area contributed by atoms with Crippen molar-refractivity contribution in [3.05, 3.63) is 0 Å². The van der Waals surface area contributed by atoms with E-state index < -0.39 is 0 Å². The van der Waals surface area contributed by atoms with Crippen LogP contribution in [0.25, 0.3) is 0 Å². The highest BCUT2D eigenvalue weighted by atomic mass is 16.2. The Morgan fingerprint density at radius 1 is 0.880 bits per heavy atom. The van der Waals surface area contributed by atoms with Crippen LogP contribution in [0.3, 0.4) is 0 Å². The molecule has 0 aromatic heterocycles. The zero-order valence-electron chi connectivity index (χ0n) is 16.7. The van der Waals surface area contributed by atoms with Crippen LogP contribution in [0, 0.1) is 17.8 Å². The molecule has 2 rings (SSSR count). The fourth-order valence-electron chi connectivity index (χ4n) is 4.52. The molecule has 0 bridgehead atoms. The number of hydrogen-bond acceptors (Lipinski definition) is 3. The van der Waals surface area contributed by atoms with E-state index in [1.807, 2.05) is 0 Å². The first-order valence-corrected chi connectivity index (χ1v) is 10.5. The summed E-state index contributed by atoms with van der Waals surface area (Å²) in [5, 5.41) is 5.99. The van der Waals surface area contributed by atoms with Gasteiger partial charge in [-0.25, -0.2) is 4.79 Å². The lowest BCUT2D eigenvalue weighted by atomic mass is 9.92. The first-order chi connectivity index (χ1) is 12.0. The van der Waals surface area contributed by atoms with Crippen molar-refractivity contribution in [3.63, 3.8) is 0 Å². The molecule has 0 aromatic rings. The number of piperidine rings is 2. The van der Waals surface area contributed by atoms with Crippen molar-refractivity contribution in [1.82, 2.24) is 20.4 Å². The largest absolute Gasteiger partial charge is 0.338 e. The minimum Gasteiger partial charge on any atom is -0.338 e. The number of unbranched alkanes of at least 4 members (excludes halogenated alkanes) is 1. The summed E-state index contributed by atoms with van der Waals surface area (Å²) in [6.45, 7) is 15.6. The molecule has 0 aliphatic carbocycles. The summed E-state index contributed by atoms with van der Waals surface area (Å²) in [6.07, 6.45) is 6.25. The number of amides is 2.